The zero-order chi connectivity index (χ0) is 21.1. The van der Waals surface area contributed by atoms with Gasteiger partial charge >= 0.3 is 5.97 Å². The Bertz CT molecular complexity index is 1070. The van der Waals surface area contributed by atoms with Crippen LogP contribution in [0.15, 0.2) is 48.7 Å². The Labute approximate surface area is 184 Å². The number of carbonyl (C=O) groups is 1. The molecule has 8 heteroatoms. The minimum absolute atomic E-state index is 0.131. The number of ether oxygens (including phenoxy) is 2. The van der Waals surface area contributed by atoms with Gasteiger partial charge in [-0.1, -0.05) is 23.2 Å². The quantitative estimate of drug-likeness (QED) is 0.520. The number of hydrogen-bond donors (Lipinski definition) is 1. The van der Waals surface area contributed by atoms with Gasteiger partial charge in [0.05, 0.1) is 19.3 Å². The van der Waals surface area contributed by atoms with Gasteiger partial charge in [-0.25, -0.2) is 14.8 Å². The second kappa shape index (κ2) is 8.90. The zero-order valence-electron chi connectivity index (χ0n) is 16.2. The van der Waals surface area contributed by atoms with Crippen LogP contribution in [-0.2, 0) is 4.74 Å². The molecule has 0 radical (unpaired) electrons. The van der Waals surface area contributed by atoms with Crippen LogP contribution in [0.25, 0.3) is 11.4 Å². The first-order valence-electron chi connectivity index (χ1n) is 9.54. The Morgan fingerprint density at radius 3 is 2.73 bits per heavy atom. The van der Waals surface area contributed by atoms with Crippen molar-refractivity contribution in [3.05, 3.63) is 69.8 Å². The monoisotopic (exact) mass is 443 g/mol. The summed E-state index contributed by atoms with van der Waals surface area (Å²) < 4.78 is 10.9. The van der Waals surface area contributed by atoms with E-state index in [0.717, 1.165) is 16.9 Å². The molecule has 6 nitrogen and oxygen atoms in total. The molecule has 0 saturated carbocycles. The predicted molar refractivity (Wildman–Crippen MR) is 116 cm³/mol. The summed E-state index contributed by atoms with van der Waals surface area (Å²) in [6, 6.07) is 12.6. The van der Waals surface area contributed by atoms with Gasteiger partial charge < -0.3 is 14.8 Å². The smallest absolute Gasteiger partial charge is 0.343 e. The lowest BCUT2D eigenvalue weighted by molar-refractivity contribution is 0.0526. The van der Waals surface area contributed by atoms with Crippen molar-refractivity contribution in [3.63, 3.8) is 0 Å². The van der Waals surface area contributed by atoms with E-state index >= 15 is 0 Å². The van der Waals surface area contributed by atoms with Gasteiger partial charge in [-0.15, -0.1) is 0 Å². The maximum atomic E-state index is 12.5. The lowest BCUT2D eigenvalue weighted by atomic mass is 10.0. The number of anilines is 1. The van der Waals surface area contributed by atoms with Crippen molar-refractivity contribution in [2.75, 3.05) is 18.5 Å². The first-order chi connectivity index (χ1) is 14.5. The maximum absolute atomic E-state index is 12.5. The van der Waals surface area contributed by atoms with Gasteiger partial charge in [-0.2, -0.15) is 0 Å². The second-order valence-corrected chi connectivity index (χ2v) is 7.57. The molecule has 1 N–H and O–H groups in total. The van der Waals surface area contributed by atoms with Crippen LogP contribution in [-0.4, -0.2) is 29.2 Å². The van der Waals surface area contributed by atoms with Crippen molar-refractivity contribution in [3.8, 4) is 17.1 Å². The number of rotatable bonds is 5. The van der Waals surface area contributed by atoms with Crippen LogP contribution in [0.3, 0.4) is 0 Å². The number of hydrogen-bond acceptors (Lipinski definition) is 6. The lowest BCUT2D eigenvalue weighted by Crippen LogP contribution is -2.22. The zero-order valence-corrected chi connectivity index (χ0v) is 17.7. The largest absolute Gasteiger partial charge is 0.493 e. The van der Waals surface area contributed by atoms with Crippen LogP contribution < -0.4 is 10.1 Å². The van der Waals surface area contributed by atoms with Crippen molar-refractivity contribution in [2.45, 2.75) is 19.4 Å². The third-order valence-electron chi connectivity index (χ3n) is 4.71. The molecule has 0 fully saturated rings. The Morgan fingerprint density at radius 1 is 1.20 bits per heavy atom. The van der Waals surface area contributed by atoms with Crippen LogP contribution in [0, 0.1) is 0 Å². The maximum Gasteiger partial charge on any atom is 0.343 e. The van der Waals surface area contributed by atoms with Gasteiger partial charge in [0.25, 0.3) is 0 Å². The van der Waals surface area contributed by atoms with E-state index in [4.69, 9.17) is 32.7 Å². The predicted octanol–water partition coefficient (Wildman–Crippen LogP) is 5.56. The molecule has 0 saturated heterocycles. The molecule has 1 unspecified atom stereocenters. The van der Waals surface area contributed by atoms with Crippen molar-refractivity contribution in [2.24, 2.45) is 0 Å². The molecule has 3 aromatic rings. The standard InChI is InChI=1S/C22H19Cl2N3O3/c1-2-29-22(28)17-12-25-20(13-3-5-14(23)6-4-13)27-21(17)26-18-9-10-30-19-8-7-15(24)11-16(18)19/h3-8,11-12,18H,2,9-10H2,1H3,(H,25,26,27). The molecule has 2 aromatic carbocycles. The highest BCUT2D eigenvalue weighted by molar-refractivity contribution is 6.31. The molecular weight excluding hydrogens is 425 g/mol. The van der Waals surface area contributed by atoms with Crippen LogP contribution in [0.5, 0.6) is 5.75 Å². The SMILES string of the molecule is CCOC(=O)c1cnc(-c2ccc(Cl)cc2)nc1NC1CCOc2ccc(Cl)cc21. The minimum atomic E-state index is -0.485. The summed E-state index contributed by atoms with van der Waals surface area (Å²) in [4.78, 5) is 21.5. The number of esters is 1. The van der Waals surface area contributed by atoms with Crippen LogP contribution in [0.2, 0.25) is 10.0 Å². The first kappa shape index (κ1) is 20.4. The molecule has 154 valence electrons. The molecule has 1 aromatic heterocycles. The molecule has 30 heavy (non-hydrogen) atoms. The lowest BCUT2D eigenvalue weighted by Gasteiger charge is -2.28. The molecule has 0 spiro atoms. The topological polar surface area (TPSA) is 73.3 Å². The third kappa shape index (κ3) is 4.35. The summed E-state index contributed by atoms with van der Waals surface area (Å²) in [5.41, 5.74) is 1.97. The van der Waals surface area contributed by atoms with E-state index in [1.54, 1.807) is 25.1 Å². The Kier molecular flexibility index (Phi) is 6.06. The molecule has 1 aliphatic heterocycles. The Morgan fingerprint density at radius 2 is 1.97 bits per heavy atom. The molecule has 2 heterocycles. The van der Waals surface area contributed by atoms with Crippen LogP contribution in [0.4, 0.5) is 5.82 Å². The van der Waals surface area contributed by atoms with Gasteiger partial charge in [-0.05, 0) is 49.4 Å². The summed E-state index contributed by atoms with van der Waals surface area (Å²) >= 11 is 12.2. The van der Waals surface area contributed by atoms with Gasteiger partial charge in [-0.3, -0.25) is 0 Å². The summed E-state index contributed by atoms with van der Waals surface area (Å²) in [7, 11) is 0. The van der Waals surface area contributed by atoms with E-state index in [1.807, 2.05) is 24.3 Å². The number of halogens is 2. The molecule has 1 atom stereocenters. The molecular formula is C22H19Cl2N3O3. The molecule has 0 amide bonds. The highest BCUT2D eigenvalue weighted by Crippen LogP contribution is 2.36. The summed E-state index contributed by atoms with van der Waals surface area (Å²) in [5.74, 6) is 1.14. The number of nitrogens with one attached hydrogen (secondary N) is 1. The van der Waals surface area contributed by atoms with Gasteiger partial charge in [0, 0.05) is 33.8 Å². The van der Waals surface area contributed by atoms with E-state index in [2.05, 4.69) is 15.3 Å². The summed E-state index contributed by atoms with van der Waals surface area (Å²) in [5, 5.41) is 4.61. The van der Waals surface area contributed by atoms with Crippen LogP contribution in [0.1, 0.15) is 35.3 Å². The highest BCUT2D eigenvalue weighted by Gasteiger charge is 2.25. The van der Waals surface area contributed by atoms with E-state index < -0.39 is 5.97 Å². The fraction of sp³-hybridized carbons (Fsp3) is 0.227. The van der Waals surface area contributed by atoms with Gasteiger partial charge in [0.2, 0.25) is 0 Å². The third-order valence-corrected chi connectivity index (χ3v) is 5.20. The first-order valence-corrected chi connectivity index (χ1v) is 10.3. The molecule has 1 aliphatic rings. The average Bonchev–Trinajstić information content (AvgIpc) is 2.75. The van der Waals surface area contributed by atoms with Crippen molar-refractivity contribution >= 4 is 35.0 Å². The molecule has 0 aliphatic carbocycles. The number of nitrogens with zero attached hydrogens (tertiary/aromatic N) is 2. The van der Waals surface area contributed by atoms with Gasteiger partial charge in [0.1, 0.15) is 17.1 Å². The van der Waals surface area contributed by atoms with Crippen molar-refractivity contribution < 1.29 is 14.3 Å². The Balaban J connectivity index is 1.73. The normalized spacial score (nSPS) is 15.1. The van der Waals surface area contributed by atoms with E-state index in [1.165, 1.54) is 6.20 Å². The highest BCUT2D eigenvalue weighted by atomic mass is 35.5. The van der Waals surface area contributed by atoms with E-state index in [0.29, 0.717) is 34.7 Å². The fourth-order valence-corrected chi connectivity index (χ4v) is 3.57. The van der Waals surface area contributed by atoms with Gasteiger partial charge in [0.15, 0.2) is 5.82 Å². The summed E-state index contributed by atoms with van der Waals surface area (Å²) in [6.45, 7) is 2.55. The molecule has 4 rings (SSSR count). The Hall–Kier alpha value is -2.83. The minimum Gasteiger partial charge on any atom is -0.493 e. The average molecular weight is 444 g/mol. The van der Waals surface area contributed by atoms with E-state index in [-0.39, 0.29) is 18.2 Å². The number of fused-ring (bicyclic) bond motifs is 1. The summed E-state index contributed by atoms with van der Waals surface area (Å²) in [6.07, 6.45) is 2.17. The molecule has 0 bridgehead atoms. The van der Waals surface area contributed by atoms with Crippen molar-refractivity contribution in [1.82, 2.24) is 9.97 Å². The van der Waals surface area contributed by atoms with Crippen molar-refractivity contribution in [1.29, 1.82) is 0 Å². The number of benzene rings is 2. The second-order valence-electron chi connectivity index (χ2n) is 6.70. The fourth-order valence-electron chi connectivity index (χ4n) is 3.27. The van der Waals surface area contributed by atoms with Crippen LogP contribution >= 0.6 is 23.2 Å². The van der Waals surface area contributed by atoms with E-state index in [9.17, 15) is 4.79 Å². The number of aromatic nitrogens is 2. The number of carbonyl (C=O) groups excluding carboxylic acids is 1.